The molecule has 0 aliphatic heterocycles. The van der Waals surface area contributed by atoms with E-state index in [2.05, 4.69) is 18.8 Å². The zero-order chi connectivity index (χ0) is 23.6. The van der Waals surface area contributed by atoms with Crippen molar-refractivity contribution in [3.63, 3.8) is 0 Å². The van der Waals surface area contributed by atoms with Gasteiger partial charge < -0.3 is 4.74 Å². The quantitative estimate of drug-likeness (QED) is 0.172. The van der Waals surface area contributed by atoms with Crippen LogP contribution in [-0.4, -0.2) is 23.7 Å². The molecule has 2 aromatic carbocycles. The van der Waals surface area contributed by atoms with E-state index in [0.29, 0.717) is 0 Å². The summed E-state index contributed by atoms with van der Waals surface area (Å²) < 4.78 is 5.78. The Bertz CT molecular complexity index is 799. The highest BCUT2D eigenvalue weighted by Crippen LogP contribution is 2.19. The average molecular weight is 468 g/mol. The van der Waals surface area contributed by atoms with Gasteiger partial charge in [0.05, 0.1) is 12.3 Å². The standard InChI is InChI=1S/C29H41NO2S/c1-3-5-7-9-10-11-13-23-33-29(31)26-16-14-25(15-17-26)24-30-27-18-20-28(21-19-27)32-22-12-8-6-4-2/h14-21,24H,3-13,22-23H2,1-2H3. The molecule has 0 unspecified atom stereocenters. The van der Waals surface area contributed by atoms with E-state index in [1.165, 1.54) is 69.5 Å². The van der Waals surface area contributed by atoms with Crippen molar-refractivity contribution in [3.05, 3.63) is 59.7 Å². The molecule has 0 radical (unpaired) electrons. The van der Waals surface area contributed by atoms with Crippen molar-refractivity contribution in [2.75, 3.05) is 12.4 Å². The number of unbranched alkanes of at least 4 members (excludes halogenated alkanes) is 9. The molecule has 0 heterocycles. The van der Waals surface area contributed by atoms with Crippen molar-refractivity contribution < 1.29 is 9.53 Å². The number of benzene rings is 2. The number of carbonyl (C=O) groups excluding carboxylic acids is 1. The first-order chi connectivity index (χ1) is 16.2. The summed E-state index contributed by atoms with van der Waals surface area (Å²) >= 11 is 1.44. The highest BCUT2D eigenvalue weighted by Gasteiger charge is 2.06. The summed E-state index contributed by atoms with van der Waals surface area (Å²) in [4.78, 5) is 16.9. The average Bonchev–Trinajstić information content (AvgIpc) is 2.85. The predicted octanol–water partition coefficient (Wildman–Crippen LogP) is 9.02. The van der Waals surface area contributed by atoms with Crippen LogP contribution >= 0.6 is 11.8 Å². The Labute approximate surface area is 205 Å². The second-order valence-corrected chi connectivity index (χ2v) is 9.61. The molecule has 4 heteroatoms. The molecule has 0 aromatic heterocycles. The molecule has 2 rings (SSSR count). The minimum absolute atomic E-state index is 0.162. The fraction of sp³-hybridized carbons (Fsp3) is 0.517. The molecular formula is C29H41NO2S. The zero-order valence-electron chi connectivity index (χ0n) is 20.6. The Balaban J connectivity index is 1.69. The number of rotatable bonds is 17. The third-order valence-electron chi connectivity index (χ3n) is 5.59. The molecule has 0 spiro atoms. The van der Waals surface area contributed by atoms with Crippen molar-refractivity contribution in [1.82, 2.24) is 0 Å². The van der Waals surface area contributed by atoms with Gasteiger partial charge in [-0.1, -0.05) is 95.5 Å². The molecule has 0 saturated heterocycles. The summed E-state index contributed by atoms with van der Waals surface area (Å²) in [6.07, 6.45) is 15.6. The first-order valence-electron chi connectivity index (χ1n) is 12.8. The van der Waals surface area contributed by atoms with Gasteiger partial charge in [0.1, 0.15) is 5.75 Å². The molecule has 0 fully saturated rings. The van der Waals surface area contributed by atoms with Gasteiger partial charge in [-0.25, -0.2) is 0 Å². The number of thioether (sulfide) groups is 1. The molecule has 0 aliphatic rings. The third-order valence-corrected chi connectivity index (χ3v) is 6.58. The van der Waals surface area contributed by atoms with Gasteiger partial charge in [-0.2, -0.15) is 0 Å². The predicted molar refractivity (Wildman–Crippen MR) is 145 cm³/mol. The van der Waals surface area contributed by atoms with Gasteiger partial charge in [-0.3, -0.25) is 9.79 Å². The number of hydrogen-bond donors (Lipinski definition) is 0. The van der Waals surface area contributed by atoms with Gasteiger partial charge in [-0.05, 0) is 54.8 Å². The van der Waals surface area contributed by atoms with Crippen LogP contribution in [0.1, 0.15) is 100 Å². The molecule has 180 valence electrons. The smallest absolute Gasteiger partial charge is 0.219 e. The van der Waals surface area contributed by atoms with Crippen molar-refractivity contribution in [2.24, 2.45) is 4.99 Å². The van der Waals surface area contributed by atoms with Crippen LogP contribution in [0.25, 0.3) is 0 Å². The number of aliphatic imine (C=N–C) groups is 1. The largest absolute Gasteiger partial charge is 0.494 e. The Morgan fingerprint density at radius 3 is 2.06 bits per heavy atom. The lowest BCUT2D eigenvalue weighted by atomic mass is 10.1. The van der Waals surface area contributed by atoms with E-state index < -0.39 is 0 Å². The summed E-state index contributed by atoms with van der Waals surface area (Å²) in [6.45, 7) is 5.23. The van der Waals surface area contributed by atoms with Crippen molar-refractivity contribution in [1.29, 1.82) is 0 Å². The van der Waals surface area contributed by atoms with E-state index in [1.54, 1.807) is 0 Å². The van der Waals surface area contributed by atoms with E-state index in [9.17, 15) is 4.79 Å². The number of nitrogens with zero attached hydrogens (tertiary/aromatic N) is 1. The Hall–Kier alpha value is -2.07. The van der Waals surface area contributed by atoms with E-state index in [1.807, 2.05) is 54.7 Å². The minimum Gasteiger partial charge on any atom is -0.494 e. The summed E-state index contributed by atoms with van der Waals surface area (Å²) in [7, 11) is 0. The molecule has 33 heavy (non-hydrogen) atoms. The van der Waals surface area contributed by atoms with Gasteiger partial charge >= 0.3 is 0 Å². The molecule has 0 saturated carbocycles. The van der Waals surface area contributed by atoms with Gasteiger partial charge in [0.15, 0.2) is 0 Å². The molecule has 0 aliphatic carbocycles. The molecule has 2 aromatic rings. The van der Waals surface area contributed by atoms with Gasteiger partial charge in [0.2, 0.25) is 5.12 Å². The monoisotopic (exact) mass is 467 g/mol. The number of carbonyl (C=O) groups is 1. The highest BCUT2D eigenvalue weighted by atomic mass is 32.2. The molecule has 0 atom stereocenters. The molecule has 0 N–H and O–H groups in total. The molecule has 0 amide bonds. The van der Waals surface area contributed by atoms with Crippen LogP contribution in [0, 0.1) is 0 Å². The highest BCUT2D eigenvalue weighted by molar-refractivity contribution is 8.14. The normalized spacial score (nSPS) is 11.2. The second kappa shape index (κ2) is 17.4. The lowest BCUT2D eigenvalue weighted by Crippen LogP contribution is -1.96. The van der Waals surface area contributed by atoms with Crippen molar-refractivity contribution >= 4 is 28.8 Å². The van der Waals surface area contributed by atoms with Crippen molar-refractivity contribution in [2.45, 2.75) is 84.5 Å². The Morgan fingerprint density at radius 2 is 1.39 bits per heavy atom. The van der Waals surface area contributed by atoms with Crippen LogP contribution in [0.5, 0.6) is 5.75 Å². The Kier molecular flexibility index (Phi) is 14.3. The number of ether oxygens (including phenoxy) is 1. The second-order valence-electron chi connectivity index (χ2n) is 8.54. The van der Waals surface area contributed by atoms with Crippen LogP contribution in [0.3, 0.4) is 0 Å². The minimum atomic E-state index is 0.162. The van der Waals surface area contributed by atoms with E-state index in [-0.39, 0.29) is 5.12 Å². The Morgan fingerprint density at radius 1 is 0.788 bits per heavy atom. The van der Waals surface area contributed by atoms with Gasteiger partial charge in [0.25, 0.3) is 0 Å². The van der Waals surface area contributed by atoms with Gasteiger partial charge in [0, 0.05) is 17.5 Å². The first kappa shape index (κ1) is 27.2. The molecule has 0 bridgehead atoms. The maximum absolute atomic E-state index is 12.4. The molecule has 3 nitrogen and oxygen atoms in total. The zero-order valence-corrected chi connectivity index (χ0v) is 21.4. The SMILES string of the molecule is CCCCCCCCCSC(=O)c1ccc(C=Nc2ccc(OCCCCCC)cc2)cc1. The number of hydrogen-bond acceptors (Lipinski definition) is 4. The molecular weight excluding hydrogens is 426 g/mol. The van der Waals surface area contributed by atoms with Crippen LogP contribution < -0.4 is 4.74 Å². The maximum atomic E-state index is 12.4. The third kappa shape index (κ3) is 12.1. The van der Waals surface area contributed by atoms with E-state index in [4.69, 9.17) is 4.74 Å². The summed E-state index contributed by atoms with van der Waals surface area (Å²) in [6, 6.07) is 15.6. The van der Waals surface area contributed by atoms with E-state index in [0.717, 1.165) is 47.8 Å². The fourth-order valence-electron chi connectivity index (χ4n) is 3.51. The van der Waals surface area contributed by atoms with Crippen molar-refractivity contribution in [3.8, 4) is 5.75 Å². The lowest BCUT2D eigenvalue weighted by molar-refractivity contribution is 0.108. The fourth-order valence-corrected chi connectivity index (χ4v) is 4.35. The summed E-state index contributed by atoms with van der Waals surface area (Å²) in [5.74, 6) is 1.80. The maximum Gasteiger partial charge on any atom is 0.219 e. The van der Waals surface area contributed by atoms with Crippen LogP contribution in [-0.2, 0) is 0 Å². The summed E-state index contributed by atoms with van der Waals surface area (Å²) in [5.41, 5.74) is 2.64. The lowest BCUT2D eigenvalue weighted by Gasteiger charge is -2.06. The van der Waals surface area contributed by atoms with Crippen LogP contribution in [0.4, 0.5) is 5.69 Å². The van der Waals surface area contributed by atoms with E-state index >= 15 is 0 Å². The first-order valence-corrected chi connectivity index (χ1v) is 13.8. The topological polar surface area (TPSA) is 38.7 Å². The van der Waals surface area contributed by atoms with Crippen LogP contribution in [0.15, 0.2) is 53.5 Å². The van der Waals surface area contributed by atoms with Crippen LogP contribution in [0.2, 0.25) is 0 Å². The van der Waals surface area contributed by atoms with Gasteiger partial charge in [-0.15, -0.1) is 0 Å². The summed E-state index contributed by atoms with van der Waals surface area (Å²) in [5, 5.41) is 0.162.